The number of aromatic carboxylic acids is 1. The Bertz CT molecular complexity index is 534. The van der Waals surface area contributed by atoms with E-state index in [1.165, 1.54) is 18.3 Å². The highest BCUT2D eigenvalue weighted by atomic mass is 16.5. The molecule has 1 aromatic rings. The Morgan fingerprint density at radius 1 is 1.52 bits per heavy atom. The average Bonchev–Trinajstić information content (AvgIpc) is 2.46. The van der Waals surface area contributed by atoms with Gasteiger partial charge in [0.25, 0.3) is 5.91 Å². The molecule has 1 N–H and O–H groups in total. The van der Waals surface area contributed by atoms with Crippen LogP contribution in [0.2, 0.25) is 0 Å². The van der Waals surface area contributed by atoms with E-state index >= 15 is 0 Å². The van der Waals surface area contributed by atoms with Crippen LogP contribution in [0, 0.1) is 0 Å². The second-order valence-electron chi connectivity index (χ2n) is 4.97. The van der Waals surface area contributed by atoms with Crippen molar-refractivity contribution < 1.29 is 24.2 Å². The second kappa shape index (κ2) is 6.64. The van der Waals surface area contributed by atoms with Crippen LogP contribution in [0.1, 0.15) is 27.8 Å². The number of ether oxygens (including phenoxy) is 2. The van der Waals surface area contributed by atoms with Crippen LogP contribution in [0.4, 0.5) is 0 Å². The number of pyridine rings is 1. The molecule has 0 bridgehead atoms. The molecule has 0 spiro atoms. The van der Waals surface area contributed by atoms with Crippen molar-refractivity contribution in [2.75, 3.05) is 26.8 Å². The number of carboxylic acid groups (broad SMARTS) is 1. The van der Waals surface area contributed by atoms with Crippen LogP contribution in [0.25, 0.3) is 0 Å². The number of methoxy groups -OCH3 is 1. The summed E-state index contributed by atoms with van der Waals surface area (Å²) in [6.45, 7) is 3.17. The maximum Gasteiger partial charge on any atom is 0.354 e. The molecule has 2 rings (SSSR count). The van der Waals surface area contributed by atoms with Gasteiger partial charge in [0.1, 0.15) is 5.69 Å². The highest BCUT2D eigenvalue weighted by Gasteiger charge is 2.29. The monoisotopic (exact) mass is 294 g/mol. The van der Waals surface area contributed by atoms with Crippen molar-refractivity contribution in [3.63, 3.8) is 0 Å². The number of carboxylic acids is 1. The number of nitrogens with zero attached hydrogens (tertiary/aromatic N) is 2. The number of hydrogen-bond donors (Lipinski definition) is 1. The highest BCUT2D eigenvalue weighted by molar-refractivity contribution is 5.96. The van der Waals surface area contributed by atoms with Gasteiger partial charge in [0, 0.05) is 32.0 Å². The van der Waals surface area contributed by atoms with Crippen LogP contribution >= 0.6 is 0 Å². The lowest BCUT2D eigenvalue weighted by Crippen LogP contribution is -2.50. The van der Waals surface area contributed by atoms with Crippen LogP contribution in [0.3, 0.4) is 0 Å². The molecule has 1 aromatic heterocycles. The Hall–Kier alpha value is -1.99. The van der Waals surface area contributed by atoms with E-state index in [4.69, 9.17) is 14.6 Å². The molecular weight excluding hydrogens is 276 g/mol. The summed E-state index contributed by atoms with van der Waals surface area (Å²) in [4.78, 5) is 28.8. The van der Waals surface area contributed by atoms with Crippen molar-refractivity contribution in [3.8, 4) is 0 Å². The Morgan fingerprint density at radius 3 is 2.95 bits per heavy atom. The van der Waals surface area contributed by atoms with E-state index in [1.807, 2.05) is 6.92 Å². The molecule has 7 nitrogen and oxygen atoms in total. The summed E-state index contributed by atoms with van der Waals surface area (Å²) in [5, 5.41) is 8.93. The number of amides is 1. The Morgan fingerprint density at radius 2 is 2.29 bits per heavy atom. The van der Waals surface area contributed by atoms with E-state index < -0.39 is 5.97 Å². The molecule has 1 aliphatic heterocycles. The van der Waals surface area contributed by atoms with E-state index in [9.17, 15) is 9.59 Å². The van der Waals surface area contributed by atoms with Gasteiger partial charge < -0.3 is 19.5 Å². The molecule has 114 valence electrons. The molecule has 0 aromatic carbocycles. The lowest BCUT2D eigenvalue weighted by atomic mass is 10.1. The predicted octanol–water partition coefficient (Wildman–Crippen LogP) is 0.656. The molecule has 1 saturated heterocycles. The number of aromatic nitrogens is 1. The summed E-state index contributed by atoms with van der Waals surface area (Å²) in [5.41, 5.74) is 0.170. The minimum Gasteiger partial charge on any atom is -0.477 e. The molecule has 0 aliphatic carbocycles. The smallest absolute Gasteiger partial charge is 0.354 e. The lowest BCUT2D eigenvalue weighted by molar-refractivity contribution is -0.0918. The number of carbonyl (C=O) groups is 2. The number of rotatable bonds is 4. The quantitative estimate of drug-likeness (QED) is 0.877. The Labute approximate surface area is 122 Å². The maximum absolute atomic E-state index is 12.5. The van der Waals surface area contributed by atoms with Gasteiger partial charge in [-0.3, -0.25) is 4.79 Å². The fourth-order valence-electron chi connectivity index (χ4n) is 2.35. The van der Waals surface area contributed by atoms with E-state index in [2.05, 4.69) is 4.98 Å². The summed E-state index contributed by atoms with van der Waals surface area (Å²) in [6.07, 6.45) is 1.06. The summed E-state index contributed by atoms with van der Waals surface area (Å²) < 4.78 is 10.7. The van der Waals surface area contributed by atoms with Gasteiger partial charge in [-0.25, -0.2) is 9.78 Å². The van der Waals surface area contributed by atoms with Crippen LogP contribution in [-0.4, -0.2) is 65.9 Å². The number of hydrogen-bond acceptors (Lipinski definition) is 5. The minimum absolute atomic E-state index is 0.0939. The highest BCUT2D eigenvalue weighted by Crippen LogP contribution is 2.15. The van der Waals surface area contributed by atoms with E-state index in [0.29, 0.717) is 25.3 Å². The average molecular weight is 294 g/mol. The molecule has 0 saturated carbocycles. The molecule has 2 atom stereocenters. The van der Waals surface area contributed by atoms with E-state index in [1.54, 1.807) is 12.0 Å². The van der Waals surface area contributed by atoms with Crippen molar-refractivity contribution in [2.24, 2.45) is 0 Å². The van der Waals surface area contributed by atoms with Crippen LogP contribution in [-0.2, 0) is 9.47 Å². The molecular formula is C14H18N2O5. The van der Waals surface area contributed by atoms with Crippen molar-refractivity contribution in [1.29, 1.82) is 0 Å². The fourth-order valence-corrected chi connectivity index (χ4v) is 2.35. The first-order valence-electron chi connectivity index (χ1n) is 6.64. The fraction of sp³-hybridized carbons (Fsp3) is 0.500. The lowest BCUT2D eigenvalue weighted by Gasteiger charge is -2.36. The zero-order chi connectivity index (χ0) is 15.4. The minimum atomic E-state index is -1.16. The predicted molar refractivity (Wildman–Crippen MR) is 73.3 cm³/mol. The molecule has 7 heteroatoms. The van der Waals surface area contributed by atoms with Crippen molar-refractivity contribution >= 4 is 11.9 Å². The summed E-state index contributed by atoms with van der Waals surface area (Å²) in [6, 6.07) is 2.80. The van der Waals surface area contributed by atoms with Crippen LogP contribution < -0.4 is 0 Å². The largest absolute Gasteiger partial charge is 0.477 e. The Kier molecular flexibility index (Phi) is 4.87. The van der Waals surface area contributed by atoms with Crippen molar-refractivity contribution in [1.82, 2.24) is 9.88 Å². The van der Waals surface area contributed by atoms with Gasteiger partial charge in [-0.2, -0.15) is 0 Å². The SMILES string of the molecule is COCC1CN(C(=O)c2ccnc(C(=O)O)c2)CC(C)O1. The van der Waals surface area contributed by atoms with Gasteiger partial charge in [0.2, 0.25) is 0 Å². The first kappa shape index (κ1) is 15.4. The topological polar surface area (TPSA) is 89.0 Å². The third-order valence-electron chi connectivity index (χ3n) is 3.19. The van der Waals surface area contributed by atoms with Crippen LogP contribution in [0.5, 0.6) is 0 Å². The molecule has 21 heavy (non-hydrogen) atoms. The molecule has 1 fully saturated rings. The zero-order valence-corrected chi connectivity index (χ0v) is 12.0. The number of morpholine rings is 1. The molecule has 1 aliphatic rings. The second-order valence-corrected chi connectivity index (χ2v) is 4.97. The third kappa shape index (κ3) is 3.77. The summed E-state index contributed by atoms with van der Waals surface area (Å²) in [5.74, 6) is -1.38. The molecule has 0 radical (unpaired) electrons. The van der Waals surface area contributed by atoms with Crippen molar-refractivity contribution in [3.05, 3.63) is 29.6 Å². The molecule has 2 heterocycles. The first-order chi connectivity index (χ1) is 10.0. The standard InChI is InChI=1S/C14H18N2O5/c1-9-6-16(7-11(21-9)8-20-2)13(17)10-3-4-15-12(5-10)14(18)19/h3-5,9,11H,6-8H2,1-2H3,(H,18,19). The van der Waals surface area contributed by atoms with Gasteiger partial charge in [-0.1, -0.05) is 0 Å². The van der Waals surface area contributed by atoms with Gasteiger partial charge in [-0.05, 0) is 19.1 Å². The summed E-state index contributed by atoms with van der Waals surface area (Å²) >= 11 is 0. The molecule has 1 amide bonds. The normalized spacial score (nSPS) is 22.1. The van der Waals surface area contributed by atoms with Gasteiger partial charge in [0.05, 0.1) is 18.8 Å². The summed E-state index contributed by atoms with van der Waals surface area (Å²) in [7, 11) is 1.58. The third-order valence-corrected chi connectivity index (χ3v) is 3.19. The van der Waals surface area contributed by atoms with Gasteiger partial charge >= 0.3 is 5.97 Å². The molecule has 2 unspecified atom stereocenters. The van der Waals surface area contributed by atoms with Gasteiger partial charge in [-0.15, -0.1) is 0 Å². The Balaban J connectivity index is 2.15. The van der Waals surface area contributed by atoms with Crippen LogP contribution in [0.15, 0.2) is 18.3 Å². The first-order valence-corrected chi connectivity index (χ1v) is 6.64. The zero-order valence-electron chi connectivity index (χ0n) is 12.0. The maximum atomic E-state index is 12.5. The van der Waals surface area contributed by atoms with E-state index in [-0.39, 0.29) is 23.8 Å². The number of carbonyl (C=O) groups excluding carboxylic acids is 1. The van der Waals surface area contributed by atoms with Gasteiger partial charge in [0.15, 0.2) is 0 Å². The van der Waals surface area contributed by atoms with Crippen molar-refractivity contribution in [2.45, 2.75) is 19.1 Å². The van der Waals surface area contributed by atoms with E-state index in [0.717, 1.165) is 0 Å².